The topological polar surface area (TPSA) is 82.1 Å². The molecule has 2 aliphatic rings. The fourth-order valence-corrected chi connectivity index (χ4v) is 4.01. The maximum atomic E-state index is 12.3. The van der Waals surface area contributed by atoms with Crippen LogP contribution < -0.4 is 10.2 Å². The zero-order chi connectivity index (χ0) is 19.4. The van der Waals surface area contributed by atoms with Gasteiger partial charge >= 0.3 is 12.1 Å². The molecule has 1 saturated carbocycles. The standard InChI is InChI=1S/C20H29N3O4/c1-14-17(19(24)27-2)11-16(22-7-9-23(10-8-22)20(25)26)12-18(14)21-13-15-5-3-4-6-15/h11-12,15,21H,3-10,13H2,1-2H3,(H,25,26). The Morgan fingerprint density at radius 3 is 2.44 bits per heavy atom. The molecule has 1 aromatic carbocycles. The van der Waals surface area contributed by atoms with E-state index in [-0.39, 0.29) is 5.97 Å². The van der Waals surface area contributed by atoms with Gasteiger partial charge in [-0.1, -0.05) is 12.8 Å². The molecule has 0 radical (unpaired) electrons. The van der Waals surface area contributed by atoms with Crippen LogP contribution in [0.4, 0.5) is 16.2 Å². The van der Waals surface area contributed by atoms with E-state index in [1.54, 1.807) is 0 Å². The molecule has 1 aromatic rings. The first kappa shape index (κ1) is 19.3. The number of amides is 1. The minimum atomic E-state index is -0.882. The van der Waals surface area contributed by atoms with Crippen molar-refractivity contribution in [2.24, 2.45) is 5.92 Å². The molecule has 1 aliphatic heterocycles. The van der Waals surface area contributed by atoms with Crippen LogP contribution in [0.5, 0.6) is 0 Å². The van der Waals surface area contributed by atoms with Crippen molar-refractivity contribution >= 4 is 23.4 Å². The lowest BCUT2D eigenvalue weighted by Gasteiger charge is -2.35. The Bertz CT molecular complexity index is 693. The number of rotatable bonds is 5. The zero-order valence-electron chi connectivity index (χ0n) is 16.2. The number of ether oxygens (including phenoxy) is 1. The quantitative estimate of drug-likeness (QED) is 0.769. The second-order valence-corrected chi connectivity index (χ2v) is 7.45. The summed E-state index contributed by atoms with van der Waals surface area (Å²) in [6.07, 6.45) is 4.23. The molecule has 1 saturated heterocycles. The minimum absolute atomic E-state index is 0.345. The molecule has 1 heterocycles. The van der Waals surface area contributed by atoms with Crippen molar-refractivity contribution in [2.45, 2.75) is 32.6 Å². The molecule has 7 nitrogen and oxygen atoms in total. The van der Waals surface area contributed by atoms with Crippen LogP contribution in [0.25, 0.3) is 0 Å². The van der Waals surface area contributed by atoms with Crippen molar-refractivity contribution in [3.8, 4) is 0 Å². The van der Waals surface area contributed by atoms with Gasteiger partial charge in [-0.2, -0.15) is 0 Å². The van der Waals surface area contributed by atoms with Crippen LogP contribution in [0, 0.1) is 12.8 Å². The number of carboxylic acid groups (broad SMARTS) is 1. The molecule has 0 aromatic heterocycles. The van der Waals surface area contributed by atoms with E-state index in [2.05, 4.69) is 16.3 Å². The van der Waals surface area contributed by atoms with Gasteiger partial charge in [-0.25, -0.2) is 9.59 Å². The third-order valence-electron chi connectivity index (χ3n) is 5.77. The molecular weight excluding hydrogens is 346 g/mol. The van der Waals surface area contributed by atoms with Gasteiger partial charge < -0.3 is 25.0 Å². The lowest BCUT2D eigenvalue weighted by molar-refractivity contribution is 0.0600. The van der Waals surface area contributed by atoms with E-state index in [9.17, 15) is 9.59 Å². The lowest BCUT2D eigenvalue weighted by Crippen LogP contribution is -2.48. The van der Waals surface area contributed by atoms with Crippen molar-refractivity contribution in [3.63, 3.8) is 0 Å². The Labute approximate surface area is 160 Å². The summed E-state index contributed by atoms with van der Waals surface area (Å²) >= 11 is 0. The summed E-state index contributed by atoms with van der Waals surface area (Å²) in [5.74, 6) is 0.344. The predicted molar refractivity (Wildman–Crippen MR) is 105 cm³/mol. The number of hydrogen-bond acceptors (Lipinski definition) is 5. The fraction of sp³-hybridized carbons (Fsp3) is 0.600. The lowest BCUT2D eigenvalue weighted by atomic mass is 10.0. The summed E-state index contributed by atoms with van der Waals surface area (Å²) in [7, 11) is 1.39. The van der Waals surface area contributed by atoms with E-state index in [1.165, 1.54) is 37.7 Å². The maximum absolute atomic E-state index is 12.3. The van der Waals surface area contributed by atoms with Gasteiger partial charge in [-0.3, -0.25) is 0 Å². The maximum Gasteiger partial charge on any atom is 0.407 e. The van der Waals surface area contributed by atoms with Gasteiger partial charge in [0.1, 0.15) is 0 Å². The van der Waals surface area contributed by atoms with Crippen LogP contribution in [-0.4, -0.2) is 61.9 Å². The first-order valence-corrected chi connectivity index (χ1v) is 9.69. The van der Waals surface area contributed by atoms with Gasteiger partial charge in [0.25, 0.3) is 0 Å². The van der Waals surface area contributed by atoms with Crippen LogP contribution in [0.2, 0.25) is 0 Å². The predicted octanol–water partition coefficient (Wildman–Crippen LogP) is 3.18. The van der Waals surface area contributed by atoms with Crippen LogP contribution in [0.3, 0.4) is 0 Å². The Morgan fingerprint density at radius 1 is 1.19 bits per heavy atom. The molecule has 0 bridgehead atoms. The molecule has 27 heavy (non-hydrogen) atoms. The number of carbonyl (C=O) groups excluding carboxylic acids is 1. The van der Waals surface area contributed by atoms with Crippen molar-refractivity contribution in [1.29, 1.82) is 0 Å². The Hall–Kier alpha value is -2.44. The molecule has 2 fully saturated rings. The number of nitrogens with one attached hydrogen (secondary N) is 1. The van der Waals surface area contributed by atoms with Crippen LogP contribution in [-0.2, 0) is 4.74 Å². The molecule has 0 spiro atoms. The van der Waals surface area contributed by atoms with Crippen molar-refractivity contribution in [2.75, 3.05) is 50.1 Å². The fourth-order valence-electron chi connectivity index (χ4n) is 4.01. The zero-order valence-corrected chi connectivity index (χ0v) is 16.2. The van der Waals surface area contributed by atoms with Crippen LogP contribution in [0.1, 0.15) is 41.6 Å². The van der Waals surface area contributed by atoms with Crippen molar-refractivity contribution < 1.29 is 19.4 Å². The average molecular weight is 375 g/mol. The number of piperazine rings is 1. The second-order valence-electron chi connectivity index (χ2n) is 7.45. The third-order valence-corrected chi connectivity index (χ3v) is 5.77. The van der Waals surface area contributed by atoms with E-state index in [0.717, 1.165) is 23.5 Å². The van der Waals surface area contributed by atoms with Crippen LogP contribution in [0.15, 0.2) is 12.1 Å². The van der Waals surface area contributed by atoms with E-state index < -0.39 is 6.09 Å². The first-order valence-electron chi connectivity index (χ1n) is 9.69. The molecule has 148 valence electrons. The first-order chi connectivity index (χ1) is 13.0. The van der Waals surface area contributed by atoms with Crippen molar-refractivity contribution in [3.05, 3.63) is 23.3 Å². The molecule has 3 rings (SSSR count). The molecule has 1 aliphatic carbocycles. The summed E-state index contributed by atoms with van der Waals surface area (Å²) in [4.78, 5) is 26.9. The Kier molecular flexibility index (Phi) is 6.08. The highest BCUT2D eigenvalue weighted by atomic mass is 16.5. The molecule has 0 atom stereocenters. The van der Waals surface area contributed by atoms with E-state index in [4.69, 9.17) is 9.84 Å². The number of hydrogen-bond donors (Lipinski definition) is 2. The molecular formula is C20H29N3O4. The van der Waals surface area contributed by atoms with Gasteiger partial charge in [-0.05, 0) is 43.4 Å². The highest BCUT2D eigenvalue weighted by Gasteiger charge is 2.23. The highest BCUT2D eigenvalue weighted by Crippen LogP contribution is 2.30. The summed E-state index contributed by atoms with van der Waals surface area (Å²) < 4.78 is 4.97. The number of carbonyl (C=O) groups is 2. The van der Waals surface area contributed by atoms with Gasteiger partial charge in [0, 0.05) is 44.1 Å². The van der Waals surface area contributed by atoms with E-state index >= 15 is 0 Å². The average Bonchev–Trinajstić information content (AvgIpc) is 3.20. The van der Waals surface area contributed by atoms with E-state index in [1.807, 2.05) is 13.0 Å². The third kappa shape index (κ3) is 4.46. The highest BCUT2D eigenvalue weighted by molar-refractivity contribution is 5.94. The number of nitrogens with zero attached hydrogens (tertiary/aromatic N) is 2. The van der Waals surface area contributed by atoms with Crippen molar-refractivity contribution in [1.82, 2.24) is 4.90 Å². The number of anilines is 2. The minimum Gasteiger partial charge on any atom is -0.465 e. The molecule has 7 heteroatoms. The molecule has 1 amide bonds. The van der Waals surface area contributed by atoms with Gasteiger partial charge in [-0.15, -0.1) is 0 Å². The van der Waals surface area contributed by atoms with Gasteiger partial charge in [0.05, 0.1) is 12.7 Å². The van der Waals surface area contributed by atoms with Gasteiger partial charge in [0.15, 0.2) is 0 Å². The Morgan fingerprint density at radius 2 is 1.85 bits per heavy atom. The monoisotopic (exact) mass is 375 g/mol. The number of benzene rings is 1. The smallest absolute Gasteiger partial charge is 0.407 e. The normalized spacial score (nSPS) is 17.9. The number of methoxy groups -OCH3 is 1. The molecule has 2 N–H and O–H groups in total. The summed E-state index contributed by atoms with van der Waals surface area (Å²) in [5.41, 5.74) is 3.35. The largest absolute Gasteiger partial charge is 0.465 e. The second kappa shape index (κ2) is 8.50. The summed E-state index contributed by atoms with van der Waals surface area (Å²) in [6, 6.07) is 3.94. The van der Waals surface area contributed by atoms with Crippen LogP contribution >= 0.6 is 0 Å². The Balaban J connectivity index is 1.81. The SMILES string of the molecule is COC(=O)c1cc(N2CCN(C(=O)O)CC2)cc(NCC2CCCC2)c1C. The number of esters is 1. The molecule has 0 unspecified atom stereocenters. The summed E-state index contributed by atoms with van der Waals surface area (Å²) in [6.45, 7) is 4.99. The van der Waals surface area contributed by atoms with Gasteiger partial charge in [0.2, 0.25) is 0 Å². The summed E-state index contributed by atoms with van der Waals surface area (Å²) in [5, 5.41) is 12.7. The van der Waals surface area contributed by atoms with E-state index in [0.29, 0.717) is 37.7 Å².